The van der Waals surface area contributed by atoms with E-state index in [4.69, 9.17) is 4.42 Å². The minimum Gasteiger partial charge on any atom is -0.465 e. The first-order valence-electron chi connectivity index (χ1n) is 6.03. The molecule has 2 heterocycles. The molecule has 0 bridgehead atoms. The van der Waals surface area contributed by atoms with E-state index in [-0.39, 0.29) is 17.2 Å². The Kier molecular flexibility index (Phi) is 3.24. The van der Waals surface area contributed by atoms with Crippen LogP contribution in [0.3, 0.4) is 0 Å². The van der Waals surface area contributed by atoms with Gasteiger partial charge in [-0.1, -0.05) is 13.8 Å². The lowest BCUT2D eigenvalue weighted by Crippen LogP contribution is -2.38. The van der Waals surface area contributed by atoms with Crippen LogP contribution in [0, 0.1) is 18.3 Å². The molecule has 1 aromatic rings. The molecule has 1 amide bonds. The number of aryl methyl sites for hydroxylation is 1. The molecule has 1 fully saturated rings. The summed E-state index contributed by atoms with van der Waals surface area (Å²) in [6.45, 7) is 8.26. The van der Waals surface area contributed by atoms with E-state index in [9.17, 15) is 4.79 Å². The van der Waals surface area contributed by atoms with Gasteiger partial charge in [-0.05, 0) is 24.5 Å². The molecule has 0 radical (unpaired) electrons. The predicted octanol–water partition coefficient (Wildman–Crippen LogP) is 1.45. The second kappa shape index (κ2) is 4.53. The minimum absolute atomic E-state index is 0.0309. The first-order chi connectivity index (χ1) is 7.99. The van der Waals surface area contributed by atoms with Gasteiger partial charge in [-0.25, -0.2) is 0 Å². The van der Waals surface area contributed by atoms with Gasteiger partial charge in [-0.2, -0.15) is 0 Å². The SMILES string of the molecule is Cc1ccc(CNC(=O)C2CNCC2(C)C)o1. The maximum atomic E-state index is 12.0. The van der Waals surface area contributed by atoms with Crippen LogP contribution >= 0.6 is 0 Å². The van der Waals surface area contributed by atoms with E-state index in [1.807, 2.05) is 19.1 Å². The fraction of sp³-hybridized carbons (Fsp3) is 0.615. The fourth-order valence-corrected chi connectivity index (χ4v) is 2.26. The quantitative estimate of drug-likeness (QED) is 0.835. The van der Waals surface area contributed by atoms with Crippen LogP contribution in [0.1, 0.15) is 25.4 Å². The zero-order valence-electron chi connectivity index (χ0n) is 10.7. The summed E-state index contributed by atoms with van der Waals surface area (Å²) in [5, 5.41) is 6.20. The van der Waals surface area contributed by atoms with Gasteiger partial charge in [0.25, 0.3) is 0 Å². The number of amides is 1. The molecular formula is C13H20N2O2. The molecule has 4 heteroatoms. The Morgan fingerprint density at radius 3 is 2.88 bits per heavy atom. The van der Waals surface area contributed by atoms with Gasteiger partial charge in [0.15, 0.2) is 0 Å². The zero-order chi connectivity index (χ0) is 12.5. The normalized spacial score (nSPS) is 22.6. The van der Waals surface area contributed by atoms with Gasteiger partial charge >= 0.3 is 0 Å². The van der Waals surface area contributed by atoms with Crippen molar-refractivity contribution in [3.05, 3.63) is 23.7 Å². The summed E-state index contributed by atoms with van der Waals surface area (Å²) in [6.07, 6.45) is 0. The molecule has 0 aliphatic carbocycles. The minimum atomic E-state index is 0.0309. The summed E-state index contributed by atoms with van der Waals surface area (Å²) < 4.78 is 5.42. The molecule has 2 N–H and O–H groups in total. The molecule has 1 unspecified atom stereocenters. The Hall–Kier alpha value is -1.29. The van der Waals surface area contributed by atoms with Gasteiger partial charge in [-0.3, -0.25) is 4.79 Å². The van der Waals surface area contributed by atoms with Crippen molar-refractivity contribution in [2.45, 2.75) is 27.3 Å². The van der Waals surface area contributed by atoms with E-state index in [0.717, 1.165) is 24.6 Å². The third kappa shape index (κ3) is 2.69. The molecule has 1 atom stereocenters. The van der Waals surface area contributed by atoms with Crippen LogP contribution in [0.25, 0.3) is 0 Å². The first-order valence-corrected chi connectivity index (χ1v) is 6.03. The second-order valence-electron chi connectivity index (χ2n) is 5.40. The standard InChI is InChI=1S/C13H20N2O2/c1-9-4-5-10(17-9)6-15-12(16)11-7-14-8-13(11,2)3/h4-5,11,14H,6-8H2,1-3H3,(H,15,16). The van der Waals surface area contributed by atoms with Crippen LogP contribution in [0.2, 0.25) is 0 Å². The van der Waals surface area contributed by atoms with Crippen LogP contribution in [0.5, 0.6) is 0 Å². The smallest absolute Gasteiger partial charge is 0.225 e. The lowest BCUT2D eigenvalue weighted by atomic mass is 9.81. The highest BCUT2D eigenvalue weighted by Gasteiger charge is 2.39. The highest BCUT2D eigenvalue weighted by Crippen LogP contribution is 2.30. The Morgan fingerprint density at radius 1 is 1.59 bits per heavy atom. The molecule has 0 saturated carbocycles. The van der Waals surface area contributed by atoms with E-state index < -0.39 is 0 Å². The van der Waals surface area contributed by atoms with Crippen LogP contribution in [0.4, 0.5) is 0 Å². The first kappa shape index (κ1) is 12.2. The molecular weight excluding hydrogens is 216 g/mol. The molecule has 2 rings (SSSR count). The van der Waals surface area contributed by atoms with Gasteiger partial charge < -0.3 is 15.1 Å². The van der Waals surface area contributed by atoms with Crippen LogP contribution in [-0.2, 0) is 11.3 Å². The summed E-state index contributed by atoms with van der Waals surface area (Å²) >= 11 is 0. The van der Waals surface area contributed by atoms with E-state index >= 15 is 0 Å². The summed E-state index contributed by atoms with van der Waals surface area (Å²) in [5.41, 5.74) is 0.0309. The molecule has 1 aliphatic rings. The highest BCUT2D eigenvalue weighted by atomic mass is 16.3. The number of furan rings is 1. The van der Waals surface area contributed by atoms with Gasteiger partial charge in [0, 0.05) is 13.1 Å². The summed E-state index contributed by atoms with van der Waals surface area (Å²) in [6, 6.07) is 3.80. The largest absolute Gasteiger partial charge is 0.465 e. The summed E-state index contributed by atoms with van der Waals surface area (Å²) in [7, 11) is 0. The highest BCUT2D eigenvalue weighted by molar-refractivity contribution is 5.80. The van der Waals surface area contributed by atoms with E-state index in [2.05, 4.69) is 24.5 Å². The molecule has 4 nitrogen and oxygen atoms in total. The summed E-state index contributed by atoms with van der Waals surface area (Å²) in [5.74, 6) is 1.82. The summed E-state index contributed by atoms with van der Waals surface area (Å²) in [4.78, 5) is 12.0. The zero-order valence-corrected chi connectivity index (χ0v) is 10.7. The van der Waals surface area contributed by atoms with Crippen molar-refractivity contribution < 1.29 is 9.21 Å². The van der Waals surface area contributed by atoms with Crippen molar-refractivity contribution >= 4 is 5.91 Å². The fourth-order valence-electron chi connectivity index (χ4n) is 2.26. The average molecular weight is 236 g/mol. The van der Waals surface area contributed by atoms with Crippen molar-refractivity contribution in [1.82, 2.24) is 10.6 Å². The molecule has 0 aromatic carbocycles. The number of nitrogens with one attached hydrogen (secondary N) is 2. The second-order valence-corrected chi connectivity index (χ2v) is 5.40. The average Bonchev–Trinajstić information content (AvgIpc) is 2.81. The molecule has 94 valence electrons. The Morgan fingerprint density at radius 2 is 2.35 bits per heavy atom. The third-order valence-corrected chi connectivity index (χ3v) is 3.42. The maximum absolute atomic E-state index is 12.0. The van der Waals surface area contributed by atoms with E-state index in [1.54, 1.807) is 0 Å². The van der Waals surface area contributed by atoms with Gasteiger partial charge in [-0.15, -0.1) is 0 Å². The van der Waals surface area contributed by atoms with Gasteiger partial charge in [0.2, 0.25) is 5.91 Å². The topological polar surface area (TPSA) is 54.3 Å². The van der Waals surface area contributed by atoms with Crippen molar-refractivity contribution in [3.63, 3.8) is 0 Å². The maximum Gasteiger partial charge on any atom is 0.225 e. The number of rotatable bonds is 3. The van der Waals surface area contributed by atoms with Crippen LogP contribution in [-0.4, -0.2) is 19.0 Å². The Labute approximate surface area is 102 Å². The Bertz CT molecular complexity index is 409. The van der Waals surface area contributed by atoms with Crippen molar-refractivity contribution in [1.29, 1.82) is 0 Å². The van der Waals surface area contributed by atoms with E-state index in [0.29, 0.717) is 6.54 Å². The van der Waals surface area contributed by atoms with Crippen LogP contribution < -0.4 is 10.6 Å². The number of carbonyl (C=O) groups is 1. The monoisotopic (exact) mass is 236 g/mol. The van der Waals surface area contributed by atoms with Crippen LogP contribution in [0.15, 0.2) is 16.5 Å². The molecule has 1 saturated heterocycles. The van der Waals surface area contributed by atoms with Gasteiger partial charge in [0.05, 0.1) is 12.5 Å². The molecule has 0 spiro atoms. The molecule has 1 aromatic heterocycles. The number of hydrogen-bond donors (Lipinski definition) is 2. The molecule has 1 aliphatic heterocycles. The van der Waals surface area contributed by atoms with E-state index in [1.165, 1.54) is 0 Å². The van der Waals surface area contributed by atoms with Crippen molar-refractivity contribution in [2.24, 2.45) is 11.3 Å². The number of hydrogen-bond acceptors (Lipinski definition) is 3. The van der Waals surface area contributed by atoms with Gasteiger partial charge in [0.1, 0.15) is 11.5 Å². The lowest BCUT2D eigenvalue weighted by molar-refractivity contribution is -0.127. The number of carbonyl (C=O) groups excluding carboxylic acids is 1. The van der Waals surface area contributed by atoms with Crippen molar-refractivity contribution in [3.8, 4) is 0 Å². The Balaban J connectivity index is 1.89. The lowest BCUT2D eigenvalue weighted by Gasteiger charge is -2.24. The predicted molar refractivity (Wildman–Crippen MR) is 65.4 cm³/mol. The third-order valence-electron chi connectivity index (χ3n) is 3.42. The van der Waals surface area contributed by atoms with Crippen molar-refractivity contribution in [2.75, 3.05) is 13.1 Å². The molecule has 17 heavy (non-hydrogen) atoms.